The van der Waals surface area contributed by atoms with Gasteiger partial charge in [-0.15, -0.1) is 0 Å². The van der Waals surface area contributed by atoms with Gasteiger partial charge < -0.3 is 5.32 Å². The number of carbonyl (C=O) groups excluding carboxylic acids is 1. The van der Waals surface area contributed by atoms with Gasteiger partial charge in [-0.05, 0) is 44.0 Å². The number of nitrogens with one attached hydrogen (secondary N) is 1. The first-order valence-electron chi connectivity index (χ1n) is 6.67. The molecule has 1 aromatic carbocycles. The lowest BCUT2D eigenvalue weighted by Gasteiger charge is -2.03. The zero-order valence-electron chi connectivity index (χ0n) is 11.7. The summed E-state index contributed by atoms with van der Waals surface area (Å²) >= 11 is 5.83. The molecule has 4 nitrogen and oxygen atoms in total. The fourth-order valence-electron chi connectivity index (χ4n) is 2.00. The molecule has 0 aliphatic rings. The zero-order valence-corrected chi connectivity index (χ0v) is 12.4. The Hall–Kier alpha value is -1.81. The first-order valence-corrected chi connectivity index (χ1v) is 7.05. The van der Waals surface area contributed by atoms with Crippen molar-refractivity contribution in [3.8, 4) is 0 Å². The number of benzene rings is 1. The van der Waals surface area contributed by atoms with Gasteiger partial charge in [-0.3, -0.25) is 9.48 Å². The fraction of sp³-hybridized carbons (Fsp3) is 0.333. The van der Waals surface area contributed by atoms with E-state index in [2.05, 4.69) is 10.4 Å². The van der Waals surface area contributed by atoms with Crippen molar-refractivity contribution in [2.45, 2.75) is 26.8 Å². The summed E-state index contributed by atoms with van der Waals surface area (Å²) < 4.78 is 1.81. The van der Waals surface area contributed by atoms with Gasteiger partial charge in [0.15, 0.2) is 0 Å². The molecule has 1 amide bonds. The average molecular weight is 292 g/mol. The lowest BCUT2D eigenvalue weighted by molar-refractivity contribution is 0.0948. The van der Waals surface area contributed by atoms with Crippen LogP contribution in [0.25, 0.3) is 0 Å². The van der Waals surface area contributed by atoms with Gasteiger partial charge in [-0.25, -0.2) is 0 Å². The van der Waals surface area contributed by atoms with Crippen molar-refractivity contribution in [3.63, 3.8) is 0 Å². The normalized spacial score (nSPS) is 10.6. The fourth-order valence-corrected chi connectivity index (χ4v) is 2.13. The molecule has 0 atom stereocenters. The molecule has 1 aromatic heterocycles. The van der Waals surface area contributed by atoms with E-state index in [9.17, 15) is 4.79 Å². The molecule has 1 N–H and O–H groups in total. The van der Waals surface area contributed by atoms with Crippen molar-refractivity contribution < 1.29 is 4.79 Å². The standard InChI is InChI=1S/C15H18ClN3O/c1-3-19-11(2)10-14(18-19)15(20)17-9-8-12-4-6-13(16)7-5-12/h4-7,10H,3,8-9H2,1-2H3,(H,17,20). The molecule has 0 radical (unpaired) electrons. The van der Waals surface area contributed by atoms with Crippen LogP contribution in [0.4, 0.5) is 0 Å². The first kappa shape index (κ1) is 14.6. The molecule has 0 spiro atoms. The number of amides is 1. The summed E-state index contributed by atoms with van der Waals surface area (Å²) in [5.74, 6) is -0.130. The molecule has 0 aliphatic heterocycles. The minimum absolute atomic E-state index is 0.130. The maximum absolute atomic E-state index is 12.0. The van der Waals surface area contributed by atoms with Crippen molar-refractivity contribution in [1.29, 1.82) is 0 Å². The summed E-state index contributed by atoms with van der Waals surface area (Å²) in [5.41, 5.74) is 2.61. The summed E-state index contributed by atoms with van der Waals surface area (Å²) in [6.07, 6.45) is 0.774. The maximum atomic E-state index is 12.0. The predicted octanol–water partition coefficient (Wildman–Crippen LogP) is 2.84. The van der Waals surface area contributed by atoms with Crippen LogP contribution in [0.5, 0.6) is 0 Å². The van der Waals surface area contributed by atoms with E-state index in [1.54, 1.807) is 6.07 Å². The molecule has 0 bridgehead atoms. The Balaban J connectivity index is 1.87. The van der Waals surface area contributed by atoms with E-state index >= 15 is 0 Å². The van der Waals surface area contributed by atoms with E-state index in [1.807, 2.05) is 42.8 Å². The molecule has 2 aromatic rings. The van der Waals surface area contributed by atoms with Crippen LogP contribution in [-0.4, -0.2) is 22.2 Å². The highest BCUT2D eigenvalue weighted by molar-refractivity contribution is 6.30. The Labute approximate surface area is 123 Å². The summed E-state index contributed by atoms with van der Waals surface area (Å²) in [6.45, 7) is 5.30. The molecule has 0 unspecified atom stereocenters. The van der Waals surface area contributed by atoms with Gasteiger partial charge in [-0.1, -0.05) is 23.7 Å². The number of rotatable bonds is 5. The van der Waals surface area contributed by atoms with Crippen LogP contribution in [-0.2, 0) is 13.0 Å². The highest BCUT2D eigenvalue weighted by atomic mass is 35.5. The molecule has 0 aliphatic carbocycles. The third kappa shape index (κ3) is 3.61. The smallest absolute Gasteiger partial charge is 0.271 e. The Bertz CT molecular complexity index is 590. The second-order valence-electron chi connectivity index (χ2n) is 4.62. The van der Waals surface area contributed by atoms with E-state index in [0.717, 1.165) is 29.2 Å². The van der Waals surface area contributed by atoms with Crippen LogP contribution in [0, 0.1) is 6.92 Å². The largest absolute Gasteiger partial charge is 0.350 e. The lowest BCUT2D eigenvalue weighted by atomic mass is 10.1. The van der Waals surface area contributed by atoms with Crippen molar-refractivity contribution in [2.75, 3.05) is 6.54 Å². The van der Waals surface area contributed by atoms with E-state index in [1.165, 1.54) is 0 Å². The van der Waals surface area contributed by atoms with Crippen molar-refractivity contribution in [2.24, 2.45) is 0 Å². The SMILES string of the molecule is CCn1nc(C(=O)NCCc2ccc(Cl)cc2)cc1C. The number of aryl methyl sites for hydroxylation is 2. The van der Waals surface area contributed by atoms with Gasteiger partial charge in [0.1, 0.15) is 5.69 Å². The summed E-state index contributed by atoms with van der Waals surface area (Å²) in [7, 11) is 0. The highest BCUT2D eigenvalue weighted by Gasteiger charge is 2.10. The molecule has 106 valence electrons. The molecular weight excluding hydrogens is 274 g/mol. The minimum Gasteiger partial charge on any atom is -0.350 e. The summed E-state index contributed by atoms with van der Waals surface area (Å²) in [5, 5.41) is 7.85. The summed E-state index contributed by atoms with van der Waals surface area (Å²) in [4.78, 5) is 12.0. The summed E-state index contributed by atoms with van der Waals surface area (Å²) in [6, 6.07) is 9.44. The van der Waals surface area contributed by atoms with Crippen molar-refractivity contribution in [3.05, 3.63) is 52.3 Å². The second kappa shape index (κ2) is 6.57. The first-order chi connectivity index (χ1) is 9.60. The van der Waals surface area contributed by atoms with Gasteiger partial charge in [0.25, 0.3) is 5.91 Å². The van der Waals surface area contributed by atoms with Gasteiger partial charge in [0, 0.05) is 23.8 Å². The topological polar surface area (TPSA) is 46.9 Å². The second-order valence-corrected chi connectivity index (χ2v) is 5.06. The van der Waals surface area contributed by atoms with Crippen LogP contribution in [0.15, 0.2) is 30.3 Å². The number of aromatic nitrogens is 2. The third-order valence-corrected chi connectivity index (χ3v) is 3.38. The van der Waals surface area contributed by atoms with Crippen molar-refractivity contribution >= 4 is 17.5 Å². The molecule has 1 heterocycles. The molecule has 0 saturated carbocycles. The quantitative estimate of drug-likeness (QED) is 0.921. The van der Waals surface area contributed by atoms with Crippen LogP contribution in [0.3, 0.4) is 0 Å². The van der Waals surface area contributed by atoms with Gasteiger partial charge >= 0.3 is 0 Å². The molecule has 20 heavy (non-hydrogen) atoms. The van der Waals surface area contributed by atoms with Crippen LogP contribution in [0.2, 0.25) is 5.02 Å². The molecule has 5 heteroatoms. The predicted molar refractivity (Wildman–Crippen MR) is 80.1 cm³/mol. The van der Waals surface area contributed by atoms with Gasteiger partial charge in [0.2, 0.25) is 0 Å². The van der Waals surface area contributed by atoms with E-state index in [4.69, 9.17) is 11.6 Å². The lowest BCUT2D eigenvalue weighted by Crippen LogP contribution is -2.26. The highest BCUT2D eigenvalue weighted by Crippen LogP contribution is 2.09. The maximum Gasteiger partial charge on any atom is 0.271 e. The monoisotopic (exact) mass is 291 g/mol. The Kier molecular flexibility index (Phi) is 4.79. The number of halogens is 1. The van der Waals surface area contributed by atoms with E-state index < -0.39 is 0 Å². The van der Waals surface area contributed by atoms with E-state index in [0.29, 0.717) is 12.2 Å². The number of carbonyl (C=O) groups is 1. The van der Waals surface area contributed by atoms with Crippen LogP contribution in [0.1, 0.15) is 28.7 Å². The number of hydrogen-bond donors (Lipinski definition) is 1. The van der Waals surface area contributed by atoms with Gasteiger partial charge in [-0.2, -0.15) is 5.10 Å². The Morgan fingerprint density at radius 1 is 1.35 bits per heavy atom. The molecular formula is C15H18ClN3O. The number of hydrogen-bond acceptors (Lipinski definition) is 2. The third-order valence-electron chi connectivity index (χ3n) is 3.13. The number of nitrogens with zero attached hydrogens (tertiary/aromatic N) is 2. The van der Waals surface area contributed by atoms with Crippen LogP contribution < -0.4 is 5.32 Å². The Morgan fingerprint density at radius 2 is 2.05 bits per heavy atom. The van der Waals surface area contributed by atoms with Gasteiger partial charge in [0.05, 0.1) is 0 Å². The average Bonchev–Trinajstić information content (AvgIpc) is 2.82. The molecule has 2 rings (SSSR count). The van der Waals surface area contributed by atoms with Crippen molar-refractivity contribution in [1.82, 2.24) is 15.1 Å². The molecule has 0 fully saturated rings. The van der Waals surface area contributed by atoms with E-state index in [-0.39, 0.29) is 5.91 Å². The minimum atomic E-state index is -0.130. The molecule has 0 saturated heterocycles. The zero-order chi connectivity index (χ0) is 14.5. The van der Waals surface area contributed by atoms with Crippen LogP contribution >= 0.6 is 11.6 Å². The Morgan fingerprint density at radius 3 is 2.65 bits per heavy atom.